The van der Waals surface area contributed by atoms with Gasteiger partial charge in [0.25, 0.3) is 5.91 Å². The summed E-state index contributed by atoms with van der Waals surface area (Å²) in [6, 6.07) is 7.66. The van der Waals surface area contributed by atoms with Crippen LogP contribution in [0.25, 0.3) is 0 Å². The zero-order valence-electron chi connectivity index (χ0n) is 12.6. The van der Waals surface area contributed by atoms with Crippen molar-refractivity contribution in [2.75, 3.05) is 32.5 Å². The molecule has 5 heteroatoms. The number of hydrogen-bond acceptors (Lipinski definition) is 4. The first kappa shape index (κ1) is 16.3. The standard InChI is InChI=1S/C15H25N3O2/c1-4-12(2)18(3)10-9-17-15(19)11-20-14-8-6-5-7-13(14)16/h5-8,12H,4,9-11,16H2,1-3H3,(H,17,19). The molecule has 1 amide bonds. The van der Waals surface area contributed by atoms with Crippen LogP contribution in [0.2, 0.25) is 0 Å². The van der Waals surface area contributed by atoms with E-state index in [9.17, 15) is 4.79 Å². The van der Waals surface area contributed by atoms with E-state index in [0.29, 0.717) is 24.0 Å². The average molecular weight is 279 g/mol. The minimum absolute atomic E-state index is 0.0126. The number of hydrogen-bond donors (Lipinski definition) is 2. The number of anilines is 1. The highest BCUT2D eigenvalue weighted by atomic mass is 16.5. The van der Waals surface area contributed by atoms with E-state index in [4.69, 9.17) is 10.5 Å². The molecule has 0 saturated carbocycles. The molecule has 0 aliphatic rings. The average Bonchev–Trinajstić information content (AvgIpc) is 2.45. The fraction of sp³-hybridized carbons (Fsp3) is 0.533. The Kier molecular flexibility index (Phi) is 6.87. The molecule has 0 bridgehead atoms. The van der Waals surface area contributed by atoms with Gasteiger partial charge in [-0.25, -0.2) is 0 Å². The number of amides is 1. The van der Waals surface area contributed by atoms with Crippen molar-refractivity contribution in [1.82, 2.24) is 10.2 Å². The number of nitrogen functional groups attached to an aromatic ring is 1. The van der Waals surface area contributed by atoms with Crippen LogP contribution in [0.15, 0.2) is 24.3 Å². The molecule has 0 aliphatic heterocycles. The van der Waals surface area contributed by atoms with Gasteiger partial charge in [0.2, 0.25) is 0 Å². The van der Waals surface area contributed by atoms with Gasteiger partial charge in [-0.05, 0) is 32.5 Å². The molecule has 112 valence electrons. The van der Waals surface area contributed by atoms with Gasteiger partial charge in [0.05, 0.1) is 5.69 Å². The number of rotatable bonds is 8. The molecule has 0 aliphatic carbocycles. The molecule has 20 heavy (non-hydrogen) atoms. The molecule has 0 saturated heterocycles. The zero-order valence-corrected chi connectivity index (χ0v) is 12.6. The topological polar surface area (TPSA) is 67.6 Å². The fourth-order valence-electron chi connectivity index (χ4n) is 1.71. The normalized spacial score (nSPS) is 12.2. The van der Waals surface area contributed by atoms with E-state index in [0.717, 1.165) is 13.0 Å². The number of nitrogens with two attached hydrogens (primary N) is 1. The van der Waals surface area contributed by atoms with Crippen LogP contribution in [0.5, 0.6) is 5.75 Å². The third-order valence-corrected chi connectivity index (χ3v) is 3.41. The van der Waals surface area contributed by atoms with E-state index in [1.54, 1.807) is 12.1 Å². The van der Waals surface area contributed by atoms with Gasteiger partial charge in [0.15, 0.2) is 6.61 Å². The summed E-state index contributed by atoms with van der Waals surface area (Å²) < 4.78 is 5.37. The number of carbonyl (C=O) groups is 1. The molecular formula is C15H25N3O2. The zero-order chi connectivity index (χ0) is 15.0. The Labute approximate surface area is 121 Å². The fourth-order valence-corrected chi connectivity index (χ4v) is 1.71. The summed E-state index contributed by atoms with van der Waals surface area (Å²) in [6.07, 6.45) is 1.10. The van der Waals surface area contributed by atoms with Crippen LogP contribution in [0.4, 0.5) is 5.69 Å². The molecule has 0 aromatic heterocycles. The van der Waals surface area contributed by atoms with Gasteiger partial charge in [-0.15, -0.1) is 0 Å². The molecule has 1 rings (SSSR count). The highest BCUT2D eigenvalue weighted by Crippen LogP contribution is 2.19. The molecule has 0 fully saturated rings. The Morgan fingerprint density at radius 1 is 1.45 bits per heavy atom. The van der Waals surface area contributed by atoms with Gasteiger partial charge in [-0.3, -0.25) is 4.79 Å². The highest BCUT2D eigenvalue weighted by Gasteiger charge is 2.08. The van der Waals surface area contributed by atoms with Crippen molar-refractivity contribution in [3.63, 3.8) is 0 Å². The van der Waals surface area contributed by atoms with Crippen LogP contribution in [0.1, 0.15) is 20.3 Å². The van der Waals surface area contributed by atoms with E-state index < -0.39 is 0 Å². The highest BCUT2D eigenvalue weighted by molar-refractivity contribution is 5.77. The van der Waals surface area contributed by atoms with Crippen LogP contribution in [0, 0.1) is 0 Å². The maximum Gasteiger partial charge on any atom is 0.257 e. The third kappa shape index (κ3) is 5.48. The van der Waals surface area contributed by atoms with Crippen molar-refractivity contribution in [2.24, 2.45) is 0 Å². The number of carbonyl (C=O) groups excluding carboxylic acids is 1. The van der Waals surface area contributed by atoms with E-state index in [2.05, 4.69) is 31.1 Å². The number of para-hydroxylation sites is 2. The number of benzene rings is 1. The van der Waals surface area contributed by atoms with Gasteiger partial charge in [0, 0.05) is 19.1 Å². The van der Waals surface area contributed by atoms with Crippen LogP contribution < -0.4 is 15.8 Å². The Morgan fingerprint density at radius 2 is 2.15 bits per heavy atom. The third-order valence-electron chi connectivity index (χ3n) is 3.41. The molecule has 0 radical (unpaired) electrons. The number of nitrogens with zero attached hydrogens (tertiary/aromatic N) is 1. The largest absolute Gasteiger partial charge is 0.482 e. The number of ether oxygens (including phenoxy) is 1. The minimum atomic E-state index is -0.134. The number of likely N-dealkylation sites (N-methyl/N-ethyl adjacent to an activating group) is 1. The SMILES string of the molecule is CCC(C)N(C)CCNC(=O)COc1ccccc1N. The van der Waals surface area contributed by atoms with Gasteiger partial charge < -0.3 is 20.7 Å². The molecule has 3 N–H and O–H groups in total. The van der Waals surface area contributed by atoms with Crippen molar-refractivity contribution in [3.8, 4) is 5.75 Å². The van der Waals surface area contributed by atoms with E-state index in [1.165, 1.54) is 0 Å². The number of nitrogens with one attached hydrogen (secondary N) is 1. The second kappa shape index (κ2) is 8.43. The lowest BCUT2D eigenvalue weighted by Crippen LogP contribution is -2.38. The second-order valence-electron chi connectivity index (χ2n) is 4.91. The quantitative estimate of drug-likeness (QED) is 0.708. The Balaban J connectivity index is 2.23. The van der Waals surface area contributed by atoms with E-state index in [-0.39, 0.29) is 12.5 Å². The molecule has 1 aromatic rings. The van der Waals surface area contributed by atoms with Crippen molar-refractivity contribution in [3.05, 3.63) is 24.3 Å². The lowest BCUT2D eigenvalue weighted by atomic mass is 10.2. The van der Waals surface area contributed by atoms with Crippen molar-refractivity contribution in [1.29, 1.82) is 0 Å². The van der Waals surface area contributed by atoms with Gasteiger partial charge >= 0.3 is 0 Å². The van der Waals surface area contributed by atoms with Crippen LogP contribution in [0.3, 0.4) is 0 Å². The van der Waals surface area contributed by atoms with E-state index >= 15 is 0 Å². The molecule has 1 aromatic carbocycles. The van der Waals surface area contributed by atoms with Crippen molar-refractivity contribution >= 4 is 11.6 Å². The molecule has 1 atom stereocenters. The first-order valence-corrected chi connectivity index (χ1v) is 6.98. The Morgan fingerprint density at radius 3 is 2.80 bits per heavy atom. The minimum Gasteiger partial charge on any atom is -0.482 e. The first-order chi connectivity index (χ1) is 9.54. The van der Waals surface area contributed by atoms with Gasteiger partial charge in [0.1, 0.15) is 5.75 Å². The summed E-state index contributed by atoms with van der Waals surface area (Å²) >= 11 is 0. The molecular weight excluding hydrogens is 254 g/mol. The Bertz CT molecular complexity index is 423. The molecule has 1 unspecified atom stereocenters. The van der Waals surface area contributed by atoms with Gasteiger partial charge in [-0.1, -0.05) is 19.1 Å². The van der Waals surface area contributed by atoms with Crippen molar-refractivity contribution in [2.45, 2.75) is 26.3 Å². The lowest BCUT2D eigenvalue weighted by Gasteiger charge is -2.23. The summed E-state index contributed by atoms with van der Waals surface area (Å²) in [4.78, 5) is 13.9. The summed E-state index contributed by atoms with van der Waals surface area (Å²) in [5.41, 5.74) is 6.27. The Hall–Kier alpha value is -1.75. The summed E-state index contributed by atoms with van der Waals surface area (Å²) in [5, 5.41) is 2.84. The summed E-state index contributed by atoms with van der Waals surface area (Å²) in [7, 11) is 2.06. The lowest BCUT2D eigenvalue weighted by molar-refractivity contribution is -0.123. The molecule has 0 heterocycles. The van der Waals surface area contributed by atoms with Crippen LogP contribution in [-0.2, 0) is 4.79 Å². The van der Waals surface area contributed by atoms with Crippen molar-refractivity contribution < 1.29 is 9.53 Å². The molecule has 5 nitrogen and oxygen atoms in total. The van der Waals surface area contributed by atoms with Gasteiger partial charge in [-0.2, -0.15) is 0 Å². The predicted molar refractivity (Wildman–Crippen MR) is 81.7 cm³/mol. The maximum atomic E-state index is 11.7. The first-order valence-electron chi connectivity index (χ1n) is 6.98. The van der Waals surface area contributed by atoms with E-state index in [1.807, 2.05) is 12.1 Å². The monoisotopic (exact) mass is 279 g/mol. The molecule has 0 spiro atoms. The van der Waals surface area contributed by atoms with Crippen LogP contribution in [-0.4, -0.2) is 43.6 Å². The smallest absolute Gasteiger partial charge is 0.257 e. The summed E-state index contributed by atoms with van der Waals surface area (Å²) in [5.74, 6) is 0.408. The van der Waals surface area contributed by atoms with Crippen LogP contribution >= 0.6 is 0 Å². The predicted octanol–water partition coefficient (Wildman–Crippen LogP) is 1.49. The summed E-state index contributed by atoms with van der Waals surface area (Å²) in [6.45, 7) is 5.75. The maximum absolute atomic E-state index is 11.7. The second-order valence-corrected chi connectivity index (χ2v) is 4.91.